The number of aromatic amines is 1. The zero-order valence-electron chi connectivity index (χ0n) is 22.5. The van der Waals surface area contributed by atoms with E-state index in [0.29, 0.717) is 10.6 Å². The quantitative estimate of drug-likeness (QED) is 0.172. The lowest BCUT2D eigenvalue weighted by molar-refractivity contribution is 0.215. The monoisotopic (exact) mass is 498 g/mol. The van der Waals surface area contributed by atoms with E-state index in [2.05, 4.69) is 61.7 Å². The number of nitrogens with zero attached hydrogens (tertiary/aromatic N) is 2. The fourth-order valence-electron chi connectivity index (χ4n) is 5.09. The predicted molar refractivity (Wildman–Crippen MR) is 152 cm³/mol. The van der Waals surface area contributed by atoms with Gasteiger partial charge in [-0.2, -0.15) is 0 Å². The van der Waals surface area contributed by atoms with E-state index < -0.39 is 0 Å². The molecule has 0 amide bonds. The second-order valence-corrected chi connectivity index (χ2v) is 10.5. The van der Waals surface area contributed by atoms with Crippen LogP contribution in [0.5, 0.6) is 0 Å². The Hall–Kier alpha value is -2.05. The molecule has 0 aromatic carbocycles. The van der Waals surface area contributed by atoms with E-state index in [0.717, 1.165) is 61.4 Å². The Labute approximate surface area is 218 Å². The summed E-state index contributed by atoms with van der Waals surface area (Å²) < 4.78 is 0.498. The van der Waals surface area contributed by atoms with Crippen LogP contribution in [0, 0.1) is 16.0 Å². The lowest BCUT2D eigenvalue weighted by Crippen LogP contribution is -2.25. The van der Waals surface area contributed by atoms with Crippen molar-refractivity contribution in [3.8, 4) is 0 Å². The molecular formula is C29H46N4OS. The summed E-state index contributed by atoms with van der Waals surface area (Å²) in [5.74, 6) is 0.655. The Morgan fingerprint density at radius 1 is 1.26 bits per heavy atom. The van der Waals surface area contributed by atoms with Crippen molar-refractivity contribution in [3.05, 3.63) is 52.2 Å². The van der Waals surface area contributed by atoms with Crippen molar-refractivity contribution in [1.82, 2.24) is 15.3 Å². The molecule has 6 heteroatoms. The fourth-order valence-corrected chi connectivity index (χ4v) is 5.31. The maximum Gasteiger partial charge on any atom is 0.155 e. The van der Waals surface area contributed by atoms with Crippen molar-refractivity contribution in [1.29, 1.82) is 0 Å². The first-order chi connectivity index (χ1) is 16.8. The van der Waals surface area contributed by atoms with Crippen LogP contribution in [0.15, 0.2) is 46.9 Å². The van der Waals surface area contributed by atoms with Crippen molar-refractivity contribution < 1.29 is 5.11 Å². The van der Waals surface area contributed by atoms with Crippen LogP contribution < -0.4 is 5.32 Å². The van der Waals surface area contributed by atoms with Crippen LogP contribution in [0.1, 0.15) is 91.7 Å². The van der Waals surface area contributed by atoms with Gasteiger partial charge in [-0.1, -0.05) is 70.1 Å². The van der Waals surface area contributed by atoms with Gasteiger partial charge in [0.25, 0.3) is 0 Å². The molecule has 0 fully saturated rings. The molecule has 0 saturated carbocycles. The van der Waals surface area contributed by atoms with Crippen LogP contribution in [0.4, 0.5) is 5.69 Å². The van der Waals surface area contributed by atoms with Gasteiger partial charge in [-0.15, -0.1) is 0 Å². The molecule has 0 saturated heterocycles. The number of hydrogen-bond acceptors (Lipinski definition) is 5. The van der Waals surface area contributed by atoms with E-state index in [4.69, 9.17) is 17.2 Å². The second kappa shape index (κ2) is 14.5. The van der Waals surface area contributed by atoms with Crippen LogP contribution in [0.2, 0.25) is 0 Å². The van der Waals surface area contributed by atoms with E-state index in [1.807, 2.05) is 6.92 Å². The van der Waals surface area contributed by atoms with Gasteiger partial charge in [-0.25, -0.2) is 9.98 Å². The minimum atomic E-state index is -0.108. The van der Waals surface area contributed by atoms with E-state index in [1.54, 1.807) is 6.33 Å². The summed E-state index contributed by atoms with van der Waals surface area (Å²) in [6, 6.07) is 0. The second-order valence-electron chi connectivity index (χ2n) is 10.2. The zero-order chi connectivity index (χ0) is 25.8. The summed E-state index contributed by atoms with van der Waals surface area (Å²) in [5.41, 5.74) is 5.95. The molecule has 194 valence electrons. The van der Waals surface area contributed by atoms with E-state index in [-0.39, 0.29) is 12.0 Å². The van der Waals surface area contributed by atoms with Gasteiger partial charge in [-0.05, 0) is 75.7 Å². The molecule has 0 radical (unpaired) electrons. The standard InChI is InChI=1S/C29H46N4OS/c1-7-11-24(12-8-2)19-30-22(4)23(5)33-27-26(31-20-32-28(27)35)15-16-29(6,17-18-34)25-14-10-9-13-21(25)3/h13-14,20,24,30,34H,4,7-12,15-19H2,1-3,5-6H3,(H,31,32,35). The molecule has 0 aliphatic heterocycles. The summed E-state index contributed by atoms with van der Waals surface area (Å²) in [7, 11) is 0. The van der Waals surface area contributed by atoms with Crippen molar-refractivity contribution >= 4 is 23.6 Å². The largest absolute Gasteiger partial charge is 0.396 e. The number of aliphatic imine (C=N–C) groups is 1. The number of H-pyrrole nitrogens is 1. The molecule has 3 N–H and O–H groups in total. The molecule has 0 bridgehead atoms. The topological polar surface area (TPSA) is 73.3 Å². The van der Waals surface area contributed by atoms with Crippen LogP contribution in [0.25, 0.3) is 0 Å². The minimum Gasteiger partial charge on any atom is -0.396 e. The SMILES string of the molecule is C=C(NCC(CCC)CCC)C(C)=Nc1c(CCC(C)(CCO)C2=CCCC=C2C)[nH]cnc1=S. The maximum absolute atomic E-state index is 9.83. The number of allylic oxidation sites excluding steroid dienone is 5. The fraction of sp³-hybridized carbons (Fsp3) is 0.621. The molecule has 1 aromatic heterocycles. The average Bonchev–Trinajstić information content (AvgIpc) is 2.83. The highest BCUT2D eigenvalue weighted by Gasteiger charge is 2.30. The third-order valence-corrected chi connectivity index (χ3v) is 7.55. The smallest absolute Gasteiger partial charge is 0.155 e. The van der Waals surface area contributed by atoms with E-state index in [9.17, 15) is 5.11 Å². The number of nitrogens with one attached hydrogen (secondary N) is 2. The van der Waals surface area contributed by atoms with Crippen molar-refractivity contribution in [2.45, 2.75) is 92.4 Å². The van der Waals surface area contributed by atoms with Crippen molar-refractivity contribution in [2.75, 3.05) is 13.2 Å². The van der Waals surface area contributed by atoms with Crippen LogP contribution >= 0.6 is 12.2 Å². The Balaban J connectivity index is 2.20. The molecular weight excluding hydrogens is 452 g/mol. The molecule has 1 heterocycles. The molecule has 1 aliphatic carbocycles. The lowest BCUT2D eigenvalue weighted by atomic mass is 9.71. The first kappa shape index (κ1) is 29.2. The molecule has 1 unspecified atom stereocenters. The van der Waals surface area contributed by atoms with Gasteiger partial charge < -0.3 is 15.4 Å². The van der Waals surface area contributed by atoms with Crippen LogP contribution in [-0.2, 0) is 6.42 Å². The van der Waals surface area contributed by atoms with Gasteiger partial charge in [0.1, 0.15) is 5.69 Å². The van der Waals surface area contributed by atoms with Gasteiger partial charge in [0, 0.05) is 24.5 Å². The molecule has 1 aliphatic rings. The van der Waals surface area contributed by atoms with Crippen LogP contribution in [0.3, 0.4) is 0 Å². The Kier molecular flexibility index (Phi) is 12.1. The van der Waals surface area contributed by atoms with Gasteiger partial charge >= 0.3 is 0 Å². The highest BCUT2D eigenvalue weighted by Crippen LogP contribution is 2.42. The molecule has 1 atom stereocenters. The minimum absolute atomic E-state index is 0.108. The van der Waals surface area contributed by atoms with E-state index in [1.165, 1.54) is 36.8 Å². The summed E-state index contributed by atoms with van der Waals surface area (Å²) in [4.78, 5) is 12.5. The highest BCUT2D eigenvalue weighted by atomic mass is 32.1. The summed E-state index contributed by atoms with van der Waals surface area (Å²) >= 11 is 5.57. The average molecular weight is 499 g/mol. The number of aryl methyl sites for hydroxylation is 1. The molecule has 1 aromatic rings. The first-order valence-electron chi connectivity index (χ1n) is 13.3. The van der Waals surface area contributed by atoms with E-state index >= 15 is 0 Å². The Morgan fingerprint density at radius 2 is 1.94 bits per heavy atom. The third kappa shape index (κ3) is 8.53. The highest BCUT2D eigenvalue weighted by molar-refractivity contribution is 7.71. The lowest BCUT2D eigenvalue weighted by Gasteiger charge is -2.34. The first-order valence-corrected chi connectivity index (χ1v) is 13.7. The van der Waals surface area contributed by atoms with Crippen molar-refractivity contribution in [3.63, 3.8) is 0 Å². The number of aromatic nitrogens is 2. The van der Waals surface area contributed by atoms with Gasteiger partial charge in [0.15, 0.2) is 4.64 Å². The molecule has 0 spiro atoms. The Bertz CT molecular complexity index is 985. The predicted octanol–water partition coefficient (Wildman–Crippen LogP) is 7.54. The van der Waals surface area contributed by atoms with Gasteiger partial charge in [0.05, 0.1) is 12.0 Å². The summed E-state index contributed by atoms with van der Waals surface area (Å²) in [6.45, 7) is 16.2. The number of hydrogen-bond donors (Lipinski definition) is 3. The van der Waals surface area contributed by atoms with Gasteiger partial charge in [-0.3, -0.25) is 0 Å². The number of aliphatic hydroxyl groups excluding tert-OH is 1. The Morgan fingerprint density at radius 3 is 2.57 bits per heavy atom. The number of rotatable bonds is 15. The molecule has 2 rings (SSSR count). The van der Waals surface area contributed by atoms with Gasteiger partial charge in [0.2, 0.25) is 0 Å². The third-order valence-electron chi connectivity index (χ3n) is 7.25. The van der Waals surface area contributed by atoms with Crippen molar-refractivity contribution in [2.24, 2.45) is 16.3 Å². The summed E-state index contributed by atoms with van der Waals surface area (Å²) in [5, 5.41) is 13.3. The van der Waals surface area contributed by atoms with Crippen LogP contribution in [-0.4, -0.2) is 33.9 Å². The maximum atomic E-state index is 9.83. The molecule has 35 heavy (non-hydrogen) atoms. The summed E-state index contributed by atoms with van der Waals surface area (Å²) in [6.07, 6.45) is 15.7. The number of aliphatic hydroxyl groups is 1. The normalized spacial score (nSPS) is 16.0. The zero-order valence-corrected chi connectivity index (χ0v) is 23.4. The molecule has 5 nitrogen and oxygen atoms in total.